The second kappa shape index (κ2) is 6.31. The summed E-state index contributed by atoms with van der Waals surface area (Å²) >= 11 is 0. The van der Waals surface area contributed by atoms with Crippen LogP contribution in [-0.2, 0) is 11.3 Å². The lowest BCUT2D eigenvalue weighted by molar-refractivity contribution is -0.125. The zero-order valence-electron chi connectivity index (χ0n) is 12.5. The molecule has 0 radical (unpaired) electrons. The van der Waals surface area contributed by atoms with Crippen molar-refractivity contribution in [2.45, 2.75) is 6.54 Å². The van der Waals surface area contributed by atoms with Crippen LogP contribution >= 0.6 is 0 Å². The number of hydrogen-bond acceptors (Lipinski definition) is 4. The number of likely N-dealkylation sites (N-methyl/N-ethyl adjacent to an activating group) is 1. The maximum Gasteiger partial charge on any atom is 0.258 e. The first-order valence-corrected chi connectivity index (χ1v) is 7.08. The van der Waals surface area contributed by atoms with Crippen molar-refractivity contribution < 1.29 is 9.21 Å². The fourth-order valence-corrected chi connectivity index (χ4v) is 2.18. The molecule has 1 amide bonds. The van der Waals surface area contributed by atoms with Crippen molar-refractivity contribution in [3.63, 3.8) is 0 Å². The summed E-state index contributed by atoms with van der Waals surface area (Å²) in [4.78, 5) is 32.6. The van der Waals surface area contributed by atoms with Crippen molar-refractivity contribution in [2.75, 3.05) is 7.05 Å². The van der Waals surface area contributed by atoms with Crippen LogP contribution in [0, 0.1) is 0 Å². The van der Waals surface area contributed by atoms with Crippen molar-refractivity contribution in [1.29, 1.82) is 0 Å². The van der Waals surface area contributed by atoms with Crippen LogP contribution in [0.4, 0.5) is 0 Å². The van der Waals surface area contributed by atoms with E-state index in [1.165, 1.54) is 17.2 Å². The lowest BCUT2D eigenvalue weighted by Crippen LogP contribution is -2.26. The van der Waals surface area contributed by atoms with Crippen LogP contribution in [0.2, 0.25) is 0 Å². The topological polar surface area (TPSA) is 79.2 Å². The van der Waals surface area contributed by atoms with Crippen molar-refractivity contribution >= 4 is 22.9 Å². The number of nitrogens with one attached hydrogen (secondary N) is 1. The molecule has 23 heavy (non-hydrogen) atoms. The highest BCUT2D eigenvalue weighted by atomic mass is 16.3. The molecule has 0 aliphatic heterocycles. The molecular weight excluding hydrogens is 294 g/mol. The average molecular weight is 309 g/mol. The van der Waals surface area contributed by atoms with E-state index in [1.807, 2.05) is 6.07 Å². The van der Waals surface area contributed by atoms with E-state index in [-0.39, 0.29) is 18.0 Å². The van der Waals surface area contributed by atoms with E-state index in [9.17, 15) is 9.59 Å². The number of furan rings is 1. The summed E-state index contributed by atoms with van der Waals surface area (Å²) in [6.45, 7) is 0.210. The second-order valence-corrected chi connectivity index (χ2v) is 5.07. The zero-order chi connectivity index (χ0) is 16.2. The van der Waals surface area contributed by atoms with E-state index >= 15 is 0 Å². The number of para-hydroxylation sites is 1. The third-order valence-corrected chi connectivity index (χ3v) is 3.36. The predicted octanol–water partition coefficient (Wildman–Crippen LogP) is 2.19. The largest absolute Gasteiger partial charge is 0.465 e. The summed E-state index contributed by atoms with van der Waals surface area (Å²) in [5.74, 6) is 0.831. The van der Waals surface area contributed by atoms with E-state index < -0.39 is 0 Å². The molecule has 0 saturated heterocycles. The number of hydrogen-bond donors (Lipinski definition) is 1. The van der Waals surface area contributed by atoms with Crippen molar-refractivity contribution in [3.05, 3.63) is 70.7 Å². The molecule has 3 aromatic rings. The highest BCUT2D eigenvalue weighted by Crippen LogP contribution is 2.07. The van der Waals surface area contributed by atoms with E-state index in [2.05, 4.69) is 9.97 Å². The first kappa shape index (κ1) is 14.8. The first-order valence-electron chi connectivity index (χ1n) is 7.08. The van der Waals surface area contributed by atoms with Crippen LogP contribution in [0.1, 0.15) is 11.6 Å². The van der Waals surface area contributed by atoms with Gasteiger partial charge in [-0.25, -0.2) is 4.98 Å². The van der Waals surface area contributed by atoms with Gasteiger partial charge in [-0.1, -0.05) is 12.1 Å². The number of carbonyl (C=O) groups is 1. The highest BCUT2D eigenvalue weighted by Gasteiger charge is 2.09. The van der Waals surface area contributed by atoms with Crippen LogP contribution in [-0.4, -0.2) is 27.8 Å². The Labute approximate surface area is 132 Å². The van der Waals surface area contributed by atoms with Crippen LogP contribution in [0.15, 0.2) is 57.9 Å². The Morgan fingerprint density at radius 3 is 2.91 bits per heavy atom. The molecule has 2 heterocycles. The Morgan fingerprint density at radius 1 is 1.30 bits per heavy atom. The first-order chi connectivity index (χ1) is 11.1. The van der Waals surface area contributed by atoms with Crippen molar-refractivity contribution in [3.8, 4) is 0 Å². The minimum absolute atomic E-state index is 0.210. The summed E-state index contributed by atoms with van der Waals surface area (Å²) < 4.78 is 5.13. The predicted molar refractivity (Wildman–Crippen MR) is 86.6 cm³/mol. The number of amides is 1. The third kappa shape index (κ3) is 3.37. The zero-order valence-corrected chi connectivity index (χ0v) is 12.5. The van der Waals surface area contributed by atoms with E-state index in [1.54, 1.807) is 43.5 Å². The molecule has 0 spiro atoms. The third-order valence-electron chi connectivity index (χ3n) is 3.36. The average Bonchev–Trinajstić information content (AvgIpc) is 3.06. The molecule has 1 aromatic carbocycles. The molecule has 0 unspecified atom stereocenters. The molecule has 0 saturated carbocycles. The van der Waals surface area contributed by atoms with Gasteiger partial charge >= 0.3 is 0 Å². The van der Waals surface area contributed by atoms with Gasteiger partial charge in [-0.3, -0.25) is 9.59 Å². The minimum Gasteiger partial charge on any atom is -0.465 e. The number of carbonyl (C=O) groups excluding carboxylic acids is 1. The minimum atomic E-state index is -0.211. The number of aromatic amines is 1. The Hall–Kier alpha value is -3.15. The Bertz CT molecular complexity index is 910. The fourth-order valence-electron chi connectivity index (χ4n) is 2.18. The fraction of sp³-hybridized carbons (Fsp3) is 0.118. The maximum atomic E-state index is 12.1. The number of H-pyrrole nitrogens is 1. The van der Waals surface area contributed by atoms with Gasteiger partial charge in [-0.15, -0.1) is 0 Å². The molecule has 2 aromatic heterocycles. The Kier molecular flexibility index (Phi) is 4.05. The monoisotopic (exact) mass is 309 g/mol. The normalized spacial score (nSPS) is 11.2. The lowest BCUT2D eigenvalue weighted by Gasteiger charge is -2.14. The summed E-state index contributed by atoms with van der Waals surface area (Å²) in [7, 11) is 1.64. The van der Waals surface area contributed by atoms with Crippen LogP contribution in [0.3, 0.4) is 0 Å². The number of benzene rings is 1. The van der Waals surface area contributed by atoms with Gasteiger partial charge in [0.2, 0.25) is 5.91 Å². The molecule has 1 N–H and O–H groups in total. The molecule has 0 atom stereocenters. The number of rotatable bonds is 4. The lowest BCUT2D eigenvalue weighted by atomic mass is 10.2. The van der Waals surface area contributed by atoms with Gasteiger partial charge in [-0.05, 0) is 30.3 Å². The molecular formula is C17H15N3O3. The van der Waals surface area contributed by atoms with Gasteiger partial charge < -0.3 is 14.3 Å². The van der Waals surface area contributed by atoms with Crippen LogP contribution < -0.4 is 5.56 Å². The second-order valence-electron chi connectivity index (χ2n) is 5.07. The standard InChI is InChI=1S/C17H15N3O3/c1-20(16(21)9-8-12-5-4-10-23-12)11-15-18-14-7-3-2-6-13(14)17(22)19-15/h2-10H,11H2,1H3,(H,18,19,22). The van der Waals surface area contributed by atoms with Gasteiger partial charge in [0, 0.05) is 13.1 Å². The van der Waals surface area contributed by atoms with E-state index in [0.717, 1.165) is 0 Å². The summed E-state index contributed by atoms with van der Waals surface area (Å²) in [5, 5.41) is 0.531. The highest BCUT2D eigenvalue weighted by molar-refractivity contribution is 5.91. The molecule has 6 nitrogen and oxygen atoms in total. The van der Waals surface area contributed by atoms with Gasteiger partial charge in [0.1, 0.15) is 11.6 Å². The number of aromatic nitrogens is 2. The van der Waals surface area contributed by atoms with Crippen LogP contribution in [0.5, 0.6) is 0 Å². The van der Waals surface area contributed by atoms with Crippen LogP contribution in [0.25, 0.3) is 17.0 Å². The quantitative estimate of drug-likeness (QED) is 0.749. The van der Waals surface area contributed by atoms with Crippen molar-refractivity contribution in [2.24, 2.45) is 0 Å². The summed E-state index contributed by atoms with van der Waals surface area (Å²) in [6.07, 6.45) is 4.55. The van der Waals surface area contributed by atoms with E-state index in [0.29, 0.717) is 22.5 Å². The molecule has 0 aliphatic carbocycles. The van der Waals surface area contributed by atoms with Gasteiger partial charge in [-0.2, -0.15) is 0 Å². The van der Waals surface area contributed by atoms with Gasteiger partial charge in [0.05, 0.1) is 23.7 Å². The van der Waals surface area contributed by atoms with Gasteiger partial charge in [0.25, 0.3) is 5.56 Å². The summed E-state index contributed by atoms with van der Waals surface area (Å²) in [5.41, 5.74) is 0.399. The van der Waals surface area contributed by atoms with E-state index in [4.69, 9.17) is 4.42 Å². The maximum absolute atomic E-state index is 12.1. The van der Waals surface area contributed by atoms with Crippen molar-refractivity contribution in [1.82, 2.24) is 14.9 Å². The Morgan fingerprint density at radius 2 is 2.13 bits per heavy atom. The molecule has 116 valence electrons. The molecule has 0 bridgehead atoms. The SMILES string of the molecule is CN(Cc1nc2ccccc2c(=O)[nH]1)C(=O)C=Cc1ccco1. The smallest absolute Gasteiger partial charge is 0.258 e. The molecule has 0 aliphatic rings. The molecule has 3 rings (SSSR count). The number of nitrogens with zero attached hydrogens (tertiary/aromatic N) is 2. The Balaban J connectivity index is 1.76. The van der Waals surface area contributed by atoms with Gasteiger partial charge in [0.15, 0.2) is 0 Å². The molecule has 0 fully saturated rings. The summed E-state index contributed by atoms with van der Waals surface area (Å²) in [6, 6.07) is 10.6. The molecule has 6 heteroatoms. The number of fused-ring (bicyclic) bond motifs is 1.